The Morgan fingerprint density at radius 1 is 1.24 bits per heavy atom. The van der Waals surface area contributed by atoms with E-state index in [1.807, 2.05) is 0 Å². The zero-order valence-electron chi connectivity index (χ0n) is 10.3. The Kier molecular flexibility index (Phi) is 2.38. The van der Waals surface area contributed by atoms with Crippen molar-refractivity contribution < 1.29 is 9.59 Å². The van der Waals surface area contributed by atoms with E-state index in [0.29, 0.717) is 16.3 Å². The third-order valence-corrected chi connectivity index (χ3v) is 4.49. The van der Waals surface area contributed by atoms with Gasteiger partial charge in [0.1, 0.15) is 12.7 Å². The highest BCUT2D eigenvalue weighted by Gasteiger charge is 2.70. The molecule has 0 bridgehead atoms. The molecule has 0 saturated carbocycles. The van der Waals surface area contributed by atoms with Gasteiger partial charge in [0.2, 0.25) is 0 Å². The summed E-state index contributed by atoms with van der Waals surface area (Å²) < 4.78 is 1.34. The van der Waals surface area contributed by atoms with Crippen LogP contribution in [-0.2, 0) is 15.1 Å². The maximum Gasteiger partial charge on any atom is 0.264 e. The minimum atomic E-state index is -1.33. The SMILES string of the molecule is O=C1C(Cl)C2(C(=O)Nc3ccc(Cl)cc32)N1n1cnnc1. The number of benzene rings is 1. The lowest BCUT2D eigenvalue weighted by molar-refractivity contribution is -0.139. The molecular weight excluding hydrogens is 317 g/mol. The van der Waals surface area contributed by atoms with Gasteiger partial charge in [-0.05, 0) is 18.2 Å². The van der Waals surface area contributed by atoms with Gasteiger partial charge in [-0.1, -0.05) is 11.6 Å². The Morgan fingerprint density at radius 3 is 2.67 bits per heavy atom. The van der Waals surface area contributed by atoms with Crippen molar-refractivity contribution in [3.63, 3.8) is 0 Å². The maximum atomic E-state index is 12.5. The Morgan fingerprint density at radius 2 is 1.95 bits per heavy atom. The fourth-order valence-corrected chi connectivity index (χ4v) is 3.41. The molecule has 2 atom stereocenters. The Labute approximate surface area is 128 Å². The molecular formula is C12H7Cl2N5O2. The third-order valence-electron chi connectivity index (χ3n) is 3.75. The number of halogens is 2. The number of hydrogen-bond acceptors (Lipinski definition) is 4. The lowest BCUT2D eigenvalue weighted by Gasteiger charge is -2.50. The summed E-state index contributed by atoms with van der Waals surface area (Å²) in [4.78, 5) is 24.7. The molecule has 21 heavy (non-hydrogen) atoms. The minimum absolute atomic E-state index is 0.381. The molecule has 1 aromatic heterocycles. The molecule has 2 amide bonds. The lowest BCUT2D eigenvalue weighted by atomic mass is 9.79. The van der Waals surface area contributed by atoms with E-state index in [0.717, 1.165) is 0 Å². The Hall–Kier alpha value is -2.12. The lowest BCUT2D eigenvalue weighted by Crippen LogP contribution is -2.76. The van der Waals surface area contributed by atoms with E-state index in [-0.39, 0.29) is 5.91 Å². The molecule has 1 saturated heterocycles. The van der Waals surface area contributed by atoms with Crippen molar-refractivity contribution >= 4 is 40.7 Å². The first-order valence-electron chi connectivity index (χ1n) is 6.01. The number of hydrogen-bond donors (Lipinski definition) is 1. The molecule has 2 aromatic rings. The van der Waals surface area contributed by atoms with Crippen LogP contribution in [0.4, 0.5) is 5.69 Å². The zero-order chi connectivity index (χ0) is 14.8. The van der Waals surface area contributed by atoms with Crippen LogP contribution in [0.3, 0.4) is 0 Å². The van der Waals surface area contributed by atoms with Crippen LogP contribution in [0.1, 0.15) is 5.56 Å². The second kappa shape index (κ2) is 3.96. The van der Waals surface area contributed by atoms with Crippen molar-refractivity contribution in [3.8, 4) is 0 Å². The van der Waals surface area contributed by atoms with Gasteiger partial charge in [-0.15, -0.1) is 21.8 Å². The van der Waals surface area contributed by atoms with E-state index < -0.39 is 16.8 Å². The monoisotopic (exact) mass is 323 g/mol. The molecule has 106 valence electrons. The smallest absolute Gasteiger partial charge is 0.264 e. The van der Waals surface area contributed by atoms with Crippen molar-refractivity contribution in [2.45, 2.75) is 10.9 Å². The molecule has 0 aliphatic carbocycles. The molecule has 3 heterocycles. The van der Waals surface area contributed by atoms with E-state index in [1.165, 1.54) is 22.3 Å². The Bertz CT molecular complexity index is 778. The summed E-state index contributed by atoms with van der Waals surface area (Å²) in [6, 6.07) is 4.97. The number of β-lactam (4-membered cyclic amide) rings is 1. The second-order valence-electron chi connectivity index (χ2n) is 4.76. The fraction of sp³-hybridized carbons (Fsp3) is 0.167. The van der Waals surface area contributed by atoms with Crippen LogP contribution < -0.4 is 10.3 Å². The van der Waals surface area contributed by atoms with Crippen LogP contribution >= 0.6 is 23.2 Å². The quantitative estimate of drug-likeness (QED) is 0.623. The van der Waals surface area contributed by atoms with E-state index >= 15 is 0 Å². The first kappa shape index (κ1) is 12.6. The standard InChI is InChI=1S/C12H7Cl2N5O2/c13-6-1-2-8-7(3-6)12(11(21)17-8)9(14)10(20)19(12)18-4-15-16-5-18/h1-5,9H,(H,17,21). The van der Waals surface area contributed by atoms with Gasteiger partial charge >= 0.3 is 0 Å². The molecule has 1 spiro atoms. The van der Waals surface area contributed by atoms with Gasteiger partial charge in [-0.3, -0.25) is 9.59 Å². The maximum absolute atomic E-state index is 12.5. The number of carbonyl (C=O) groups excluding carboxylic acids is 2. The number of anilines is 1. The zero-order valence-corrected chi connectivity index (χ0v) is 11.8. The van der Waals surface area contributed by atoms with Gasteiger partial charge in [0.05, 0.1) is 0 Å². The van der Waals surface area contributed by atoms with Crippen molar-refractivity contribution in [1.29, 1.82) is 0 Å². The predicted molar refractivity (Wildman–Crippen MR) is 74.6 cm³/mol. The molecule has 2 aliphatic heterocycles. The van der Waals surface area contributed by atoms with Crippen molar-refractivity contribution in [1.82, 2.24) is 14.9 Å². The van der Waals surface area contributed by atoms with Crippen molar-refractivity contribution in [2.24, 2.45) is 0 Å². The average molecular weight is 324 g/mol. The van der Waals surface area contributed by atoms with Crippen molar-refractivity contribution in [3.05, 3.63) is 41.4 Å². The van der Waals surface area contributed by atoms with E-state index in [9.17, 15) is 9.59 Å². The molecule has 1 aromatic carbocycles. The highest BCUT2D eigenvalue weighted by Crippen LogP contribution is 2.51. The molecule has 2 unspecified atom stereocenters. The van der Waals surface area contributed by atoms with Crippen LogP contribution in [0.25, 0.3) is 0 Å². The number of rotatable bonds is 1. The Balaban J connectivity index is 1.96. The highest BCUT2D eigenvalue weighted by atomic mass is 35.5. The van der Waals surface area contributed by atoms with Gasteiger partial charge < -0.3 is 5.32 Å². The van der Waals surface area contributed by atoms with E-state index in [1.54, 1.807) is 18.2 Å². The van der Waals surface area contributed by atoms with Gasteiger partial charge in [0.15, 0.2) is 10.9 Å². The number of nitrogens with zero attached hydrogens (tertiary/aromatic N) is 4. The number of amides is 2. The molecule has 4 rings (SSSR count). The summed E-state index contributed by atoms with van der Waals surface area (Å²) in [5.74, 6) is -0.785. The normalized spacial score (nSPS) is 26.8. The number of aromatic nitrogens is 3. The molecule has 1 N–H and O–H groups in total. The second-order valence-corrected chi connectivity index (χ2v) is 5.64. The average Bonchev–Trinajstić information content (AvgIpc) is 3.07. The molecule has 1 fully saturated rings. The van der Waals surface area contributed by atoms with Gasteiger partial charge in [-0.2, -0.15) is 0 Å². The molecule has 9 heteroatoms. The first-order valence-corrected chi connectivity index (χ1v) is 6.83. The van der Waals surface area contributed by atoms with Crippen LogP contribution in [-0.4, -0.2) is 32.1 Å². The predicted octanol–water partition coefficient (Wildman–Crippen LogP) is 0.865. The molecule has 0 radical (unpaired) electrons. The summed E-state index contributed by atoms with van der Waals surface area (Å²) >= 11 is 12.2. The van der Waals surface area contributed by atoms with Gasteiger partial charge in [0.25, 0.3) is 11.8 Å². The summed E-state index contributed by atoms with van der Waals surface area (Å²) in [7, 11) is 0. The van der Waals surface area contributed by atoms with Gasteiger partial charge in [0, 0.05) is 16.3 Å². The number of alkyl halides is 1. The largest absolute Gasteiger partial charge is 0.323 e. The highest BCUT2D eigenvalue weighted by molar-refractivity contribution is 6.42. The molecule has 7 nitrogen and oxygen atoms in total. The number of fused-ring (bicyclic) bond motifs is 2. The topological polar surface area (TPSA) is 80.1 Å². The van der Waals surface area contributed by atoms with Gasteiger partial charge in [-0.25, -0.2) is 9.69 Å². The van der Waals surface area contributed by atoms with Crippen molar-refractivity contribution in [2.75, 3.05) is 10.3 Å². The van der Waals surface area contributed by atoms with E-state index in [4.69, 9.17) is 23.2 Å². The first-order chi connectivity index (χ1) is 10.1. The number of nitrogens with one attached hydrogen (secondary N) is 1. The van der Waals surface area contributed by atoms with Crippen LogP contribution in [0.5, 0.6) is 0 Å². The summed E-state index contributed by atoms with van der Waals surface area (Å²) in [6.07, 6.45) is 2.66. The summed E-state index contributed by atoms with van der Waals surface area (Å²) in [5.41, 5.74) is -0.185. The minimum Gasteiger partial charge on any atom is -0.323 e. The fourth-order valence-electron chi connectivity index (χ4n) is 2.84. The van der Waals surface area contributed by atoms with E-state index in [2.05, 4.69) is 15.5 Å². The molecule has 2 aliphatic rings. The number of carbonyl (C=O) groups is 2. The van der Waals surface area contributed by atoms with Crippen LogP contribution in [0.15, 0.2) is 30.9 Å². The summed E-state index contributed by atoms with van der Waals surface area (Å²) in [6.45, 7) is 0. The van der Waals surface area contributed by atoms with Crippen LogP contribution in [0.2, 0.25) is 5.02 Å². The summed E-state index contributed by atoms with van der Waals surface area (Å²) in [5, 5.41) is 10.7. The third kappa shape index (κ3) is 1.35. The van der Waals surface area contributed by atoms with Crippen LogP contribution in [0, 0.1) is 0 Å².